The van der Waals surface area contributed by atoms with Crippen LogP contribution in [0.25, 0.3) is 10.9 Å². The van der Waals surface area contributed by atoms with Gasteiger partial charge in [0.05, 0.1) is 0 Å². The molecule has 4 aromatic rings. The zero-order chi connectivity index (χ0) is 25.5. The molecule has 2 amide bonds. The Bertz CT molecular complexity index is 1350. The third kappa shape index (κ3) is 7.23. The van der Waals surface area contributed by atoms with Crippen molar-refractivity contribution >= 4 is 67.0 Å². The van der Waals surface area contributed by atoms with Gasteiger partial charge in [-0.25, -0.2) is 0 Å². The van der Waals surface area contributed by atoms with Gasteiger partial charge in [0, 0.05) is 52.1 Å². The van der Waals surface area contributed by atoms with Gasteiger partial charge in [0.1, 0.15) is 6.04 Å². The molecular weight excluding hydrogens is 620 g/mol. The smallest absolute Gasteiger partial charge is 0.247 e. The Balaban J connectivity index is 0.00000380. The summed E-state index contributed by atoms with van der Waals surface area (Å²) in [4.78, 5) is 32.0. The molecule has 3 aromatic carbocycles. The van der Waals surface area contributed by atoms with E-state index < -0.39 is 6.04 Å². The summed E-state index contributed by atoms with van der Waals surface area (Å²) in [5.74, 6) is -0.404. The maximum absolute atomic E-state index is 13.7. The SMILES string of the molecule is Cl.NCCC(=O)N(CCc1c[nH]c2ccccc12)C(C(=O)NCc1ccccc1)c1ccc(Br)cc1Br. The van der Waals surface area contributed by atoms with E-state index in [0.29, 0.717) is 25.1 Å². The highest BCUT2D eigenvalue weighted by molar-refractivity contribution is 9.11. The van der Waals surface area contributed by atoms with Crippen LogP contribution in [-0.4, -0.2) is 34.8 Å². The van der Waals surface area contributed by atoms with Crippen molar-refractivity contribution in [1.29, 1.82) is 0 Å². The van der Waals surface area contributed by atoms with Crippen LogP contribution in [0.3, 0.4) is 0 Å². The van der Waals surface area contributed by atoms with Gasteiger partial charge in [-0.15, -0.1) is 12.4 Å². The summed E-state index contributed by atoms with van der Waals surface area (Å²) in [6, 6.07) is 22.6. The normalized spacial score (nSPS) is 11.5. The quantitative estimate of drug-likeness (QED) is 0.200. The van der Waals surface area contributed by atoms with E-state index in [1.165, 1.54) is 0 Å². The number of hydrogen-bond donors (Lipinski definition) is 3. The number of nitrogens with two attached hydrogens (primary N) is 1. The summed E-state index contributed by atoms with van der Waals surface area (Å²) >= 11 is 7.10. The molecule has 0 spiro atoms. The molecule has 0 saturated carbocycles. The Hall–Kier alpha value is -2.65. The molecular formula is C28H29Br2ClN4O2. The third-order valence-electron chi connectivity index (χ3n) is 6.10. The number of rotatable bonds is 10. The molecule has 9 heteroatoms. The number of carbonyl (C=O) groups excluding carboxylic acids is 2. The Morgan fingerprint density at radius 1 is 1.00 bits per heavy atom. The summed E-state index contributed by atoms with van der Waals surface area (Å²) in [5.41, 5.74) is 9.60. The van der Waals surface area contributed by atoms with Crippen molar-refractivity contribution in [2.75, 3.05) is 13.1 Å². The molecule has 0 aliphatic carbocycles. The van der Waals surface area contributed by atoms with E-state index in [9.17, 15) is 9.59 Å². The molecule has 1 aromatic heterocycles. The van der Waals surface area contributed by atoms with Crippen molar-refractivity contribution in [3.05, 3.63) is 105 Å². The number of H-pyrrole nitrogens is 1. The molecule has 0 fully saturated rings. The fourth-order valence-corrected chi connectivity index (χ4v) is 5.56. The zero-order valence-electron chi connectivity index (χ0n) is 20.1. The fraction of sp³-hybridized carbons (Fsp3) is 0.214. The van der Waals surface area contributed by atoms with Gasteiger partial charge in [0.2, 0.25) is 11.8 Å². The van der Waals surface area contributed by atoms with Crippen molar-refractivity contribution in [2.45, 2.75) is 25.4 Å². The number of benzene rings is 3. The summed E-state index contributed by atoms with van der Waals surface area (Å²) in [7, 11) is 0. The molecule has 0 saturated heterocycles. The number of halogens is 3. The van der Waals surface area contributed by atoms with Gasteiger partial charge in [0.15, 0.2) is 0 Å². The molecule has 1 unspecified atom stereocenters. The summed E-state index contributed by atoms with van der Waals surface area (Å²) in [6.07, 6.45) is 2.72. The van der Waals surface area contributed by atoms with Gasteiger partial charge in [-0.3, -0.25) is 9.59 Å². The van der Waals surface area contributed by atoms with Crippen LogP contribution >= 0.6 is 44.3 Å². The van der Waals surface area contributed by atoms with Crippen LogP contribution in [0.5, 0.6) is 0 Å². The Morgan fingerprint density at radius 2 is 1.73 bits per heavy atom. The number of amides is 2. The summed E-state index contributed by atoms with van der Waals surface area (Å²) in [6.45, 7) is 0.945. The minimum Gasteiger partial charge on any atom is -0.361 e. The van der Waals surface area contributed by atoms with Gasteiger partial charge in [0.25, 0.3) is 0 Å². The lowest BCUT2D eigenvalue weighted by Gasteiger charge is -2.32. The van der Waals surface area contributed by atoms with E-state index >= 15 is 0 Å². The van der Waals surface area contributed by atoms with E-state index in [1.54, 1.807) is 4.90 Å². The fourth-order valence-electron chi connectivity index (χ4n) is 4.30. The highest BCUT2D eigenvalue weighted by Gasteiger charge is 2.32. The number of aromatic nitrogens is 1. The predicted molar refractivity (Wildman–Crippen MR) is 158 cm³/mol. The largest absolute Gasteiger partial charge is 0.361 e. The highest BCUT2D eigenvalue weighted by Crippen LogP contribution is 2.32. The molecule has 4 rings (SSSR count). The van der Waals surface area contributed by atoms with Gasteiger partial charge >= 0.3 is 0 Å². The number of fused-ring (bicyclic) bond motifs is 1. The van der Waals surface area contributed by atoms with E-state index in [0.717, 1.165) is 31.0 Å². The number of hydrogen-bond acceptors (Lipinski definition) is 3. The predicted octanol–water partition coefficient (Wildman–Crippen LogP) is 5.89. The first kappa shape index (κ1) is 28.9. The van der Waals surface area contributed by atoms with E-state index in [-0.39, 0.29) is 37.2 Å². The summed E-state index contributed by atoms with van der Waals surface area (Å²) in [5, 5.41) is 4.15. The standard InChI is InChI=1S/C28H28Br2N4O2.ClH/c29-21-10-11-23(24(30)16-21)27(28(36)33-17-19-6-2-1-3-7-19)34(26(35)12-14-31)15-13-20-18-32-25-9-5-4-8-22(20)25;/h1-11,16,18,27,32H,12-15,17,31H2,(H,33,36);1H. The van der Waals surface area contributed by atoms with Crippen LogP contribution in [0.1, 0.15) is 29.2 Å². The monoisotopic (exact) mass is 646 g/mol. The number of nitrogens with zero attached hydrogens (tertiary/aromatic N) is 1. The molecule has 6 nitrogen and oxygen atoms in total. The van der Waals surface area contributed by atoms with Crippen molar-refractivity contribution in [2.24, 2.45) is 5.73 Å². The molecule has 0 aliphatic rings. The van der Waals surface area contributed by atoms with Crippen LogP contribution in [-0.2, 0) is 22.6 Å². The van der Waals surface area contributed by atoms with Gasteiger partial charge in [-0.1, -0.05) is 86.5 Å². The minimum atomic E-state index is -0.819. The van der Waals surface area contributed by atoms with Crippen LogP contribution in [0, 0.1) is 0 Å². The maximum atomic E-state index is 13.7. The number of nitrogens with one attached hydrogen (secondary N) is 2. The third-order valence-corrected chi connectivity index (χ3v) is 7.28. The topological polar surface area (TPSA) is 91.2 Å². The number of para-hydroxylation sites is 1. The second-order valence-corrected chi connectivity index (χ2v) is 10.3. The van der Waals surface area contributed by atoms with Gasteiger partial charge < -0.3 is 20.9 Å². The maximum Gasteiger partial charge on any atom is 0.247 e. The summed E-state index contributed by atoms with van der Waals surface area (Å²) < 4.78 is 1.62. The Kier molecular flexibility index (Phi) is 10.8. The first-order valence-corrected chi connectivity index (χ1v) is 13.4. The molecule has 0 bridgehead atoms. The van der Waals surface area contributed by atoms with E-state index in [4.69, 9.17) is 5.73 Å². The number of aromatic amines is 1. The van der Waals surface area contributed by atoms with Crippen LogP contribution in [0.15, 0.2) is 87.9 Å². The van der Waals surface area contributed by atoms with Crippen LogP contribution < -0.4 is 11.1 Å². The zero-order valence-corrected chi connectivity index (χ0v) is 24.1. The highest BCUT2D eigenvalue weighted by atomic mass is 79.9. The lowest BCUT2D eigenvalue weighted by atomic mass is 10.0. The first-order valence-electron chi connectivity index (χ1n) is 11.8. The van der Waals surface area contributed by atoms with E-state index in [2.05, 4.69) is 48.2 Å². The molecule has 1 heterocycles. The minimum absolute atomic E-state index is 0. The lowest BCUT2D eigenvalue weighted by Crippen LogP contribution is -2.45. The first-order chi connectivity index (χ1) is 17.5. The van der Waals surface area contributed by atoms with Crippen molar-refractivity contribution < 1.29 is 9.59 Å². The second kappa shape index (κ2) is 13.8. The molecule has 0 aliphatic heterocycles. The van der Waals surface area contributed by atoms with E-state index in [1.807, 2.05) is 72.9 Å². The van der Waals surface area contributed by atoms with Crippen LogP contribution in [0.4, 0.5) is 0 Å². The molecule has 194 valence electrons. The molecule has 1 atom stereocenters. The number of carbonyl (C=O) groups is 2. The van der Waals surface area contributed by atoms with Crippen LogP contribution in [0.2, 0.25) is 0 Å². The van der Waals surface area contributed by atoms with Crippen molar-refractivity contribution in [3.8, 4) is 0 Å². The Labute approximate surface area is 239 Å². The molecule has 4 N–H and O–H groups in total. The average Bonchev–Trinajstić information content (AvgIpc) is 3.29. The van der Waals surface area contributed by atoms with Crippen molar-refractivity contribution in [3.63, 3.8) is 0 Å². The Morgan fingerprint density at radius 3 is 2.46 bits per heavy atom. The van der Waals surface area contributed by atoms with Gasteiger partial charge in [-0.2, -0.15) is 0 Å². The van der Waals surface area contributed by atoms with Gasteiger partial charge in [-0.05, 0) is 41.3 Å². The second-order valence-electron chi connectivity index (χ2n) is 8.51. The lowest BCUT2D eigenvalue weighted by molar-refractivity contribution is -0.140. The molecule has 0 radical (unpaired) electrons. The van der Waals surface area contributed by atoms with Crippen molar-refractivity contribution in [1.82, 2.24) is 15.2 Å². The average molecular weight is 649 g/mol. The molecule has 37 heavy (non-hydrogen) atoms.